The van der Waals surface area contributed by atoms with Crippen LogP contribution < -0.4 is 0 Å². The van der Waals surface area contributed by atoms with Crippen molar-refractivity contribution in [3.8, 4) is 0 Å². The fourth-order valence-electron chi connectivity index (χ4n) is 3.81. The molecule has 2 aliphatic rings. The predicted octanol–water partition coefficient (Wildman–Crippen LogP) is 4.20. The minimum absolute atomic E-state index is 0.160. The van der Waals surface area contributed by atoms with Gasteiger partial charge in [0.05, 0.1) is 5.02 Å². The fourth-order valence-corrected chi connectivity index (χ4v) is 4.00. The van der Waals surface area contributed by atoms with E-state index in [-0.39, 0.29) is 22.8 Å². The highest BCUT2D eigenvalue weighted by molar-refractivity contribution is 6.30. The topological polar surface area (TPSA) is 20.3 Å². The van der Waals surface area contributed by atoms with Crippen LogP contribution in [0.1, 0.15) is 44.1 Å². The van der Waals surface area contributed by atoms with Crippen LogP contribution in [-0.2, 0) is 11.3 Å². The molecule has 1 aromatic carbocycles. The number of hydrogen-bond donors (Lipinski definition) is 0. The summed E-state index contributed by atoms with van der Waals surface area (Å²) < 4.78 is 14.1. The van der Waals surface area contributed by atoms with Gasteiger partial charge >= 0.3 is 0 Å². The summed E-state index contributed by atoms with van der Waals surface area (Å²) in [5.41, 5.74) is 0.639. The van der Waals surface area contributed by atoms with Crippen molar-refractivity contribution in [1.82, 2.24) is 4.90 Å². The molecule has 0 amide bonds. The highest BCUT2D eigenvalue weighted by Crippen LogP contribution is 2.34. The van der Waals surface area contributed by atoms with Crippen molar-refractivity contribution in [2.45, 2.75) is 51.1 Å². The molecular weight excluding hydrogens is 289 g/mol. The molecule has 1 saturated carbocycles. The maximum Gasteiger partial charge on any atom is 0.146 e. The lowest BCUT2D eigenvalue weighted by Gasteiger charge is -2.38. The first-order chi connectivity index (χ1) is 10.2. The molecule has 21 heavy (non-hydrogen) atoms. The van der Waals surface area contributed by atoms with Crippen LogP contribution in [-0.4, -0.2) is 23.3 Å². The minimum atomic E-state index is -0.318. The summed E-state index contributed by atoms with van der Waals surface area (Å²) in [4.78, 5) is 14.4. The number of piperidine rings is 1. The Morgan fingerprint density at radius 1 is 1.24 bits per heavy atom. The van der Waals surface area contributed by atoms with Gasteiger partial charge in [0.15, 0.2) is 0 Å². The summed E-state index contributed by atoms with van der Waals surface area (Å²) in [6.45, 7) is 1.50. The van der Waals surface area contributed by atoms with Crippen LogP contribution in [0, 0.1) is 11.7 Å². The zero-order valence-corrected chi connectivity index (χ0v) is 12.9. The van der Waals surface area contributed by atoms with E-state index in [1.54, 1.807) is 18.2 Å². The zero-order valence-electron chi connectivity index (χ0n) is 12.2. The second-order valence-corrected chi connectivity index (χ2v) is 6.62. The largest absolute Gasteiger partial charge is 0.299 e. The number of ketones is 1. The molecule has 1 aromatic rings. The monoisotopic (exact) mass is 309 g/mol. The first-order valence-electron chi connectivity index (χ1n) is 7.86. The quantitative estimate of drug-likeness (QED) is 0.834. The molecule has 0 N–H and O–H groups in total. The first-order valence-corrected chi connectivity index (χ1v) is 8.24. The van der Waals surface area contributed by atoms with Crippen LogP contribution in [0.15, 0.2) is 18.2 Å². The lowest BCUT2D eigenvalue weighted by atomic mass is 9.88. The van der Waals surface area contributed by atoms with Crippen molar-refractivity contribution < 1.29 is 9.18 Å². The second kappa shape index (κ2) is 6.45. The van der Waals surface area contributed by atoms with E-state index in [9.17, 15) is 9.18 Å². The number of hydrogen-bond acceptors (Lipinski definition) is 2. The molecule has 0 bridgehead atoms. The van der Waals surface area contributed by atoms with Crippen LogP contribution in [0.3, 0.4) is 0 Å². The average Bonchev–Trinajstić information content (AvgIpc) is 2.90. The van der Waals surface area contributed by atoms with Crippen molar-refractivity contribution in [2.24, 2.45) is 5.92 Å². The van der Waals surface area contributed by atoms with E-state index < -0.39 is 0 Å². The molecule has 0 radical (unpaired) electrons. The Labute approximate surface area is 130 Å². The van der Waals surface area contributed by atoms with Crippen molar-refractivity contribution in [3.63, 3.8) is 0 Å². The molecule has 2 nitrogen and oxygen atoms in total. The Hall–Kier alpha value is -0.930. The van der Waals surface area contributed by atoms with Crippen molar-refractivity contribution in [2.75, 3.05) is 6.54 Å². The van der Waals surface area contributed by atoms with E-state index in [4.69, 9.17) is 11.6 Å². The number of rotatable bonds is 3. The van der Waals surface area contributed by atoms with Gasteiger partial charge in [-0.2, -0.15) is 0 Å². The summed E-state index contributed by atoms with van der Waals surface area (Å²) >= 11 is 5.87. The third-order valence-corrected chi connectivity index (χ3v) is 5.18. The molecule has 2 fully saturated rings. The fraction of sp³-hybridized carbons (Fsp3) is 0.588. The van der Waals surface area contributed by atoms with E-state index in [0.29, 0.717) is 17.9 Å². The van der Waals surface area contributed by atoms with Gasteiger partial charge < -0.3 is 0 Å². The molecule has 114 valence electrons. The number of Topliss-reactive ketones (excluding diaryl/α,β-unsaturated/α-hetero) is 1. The summed E-state index contributed by atoms with van der Waals surface area (Å²) in [5, 5.41) is 0.179. The molecule has 0 spiro atoms. The van der Waals surface area contributed by atoms with E-state index in [0.717, 1.165) is 38.6 Å². The van der Waals surface area contributed by atoms with Gasteiger partial charge in [-0.3, -0.25) is 9.69 Å². The molecule has 0 aromatic heterocycles. The molecule has 1 saturated heterocycles. The maximum absolute atomic E-state index is 14.1. The summed E-state index contributed by atoms with van der Waals surface area (Å²) in [6.07, 6.45) is 6.08. The molecule has 4 heteroatoms. The van der Waals surface area contributed by atoms with Crippen molar-refractivity contribution in [3.05, 3.63) is 34.6 Å². The third-order valence-electron chi connectivity index (χ3n) is 4.89. The van der Waals surface area contributed by atoms with Crippen molar-refractivity contribution >= 4 is 17.4 Å². The van der Waals surface area contributed by atoms with Gasteiger partial charge in [-0.05, 0) is 38.3 Å². The molecule has 2 atom stereocenters. The Bertz CT molecular complexity index is 534. The van der Waals surface area contributed by atoms with Crippen LogP contribution in [0.25, 0.3) is 0 Å². The highest BCUT2D eigenvalue weighted by atomic mass is 35.5. The predicted molar refractivity (Wildman–Crippen MR) is 81.8 cm³/mol. The lowest BCUT2D eigenvalue weighted by molar-refractivity contribution is -0.123. The SMILES string of the molecule is O=C1CCCC1C1CCCCN1Cc1cccc(Cl)c1F. The Kier molecular flexibility index (Phi) is 4.60. The molecule has 1 aliphatic carbocycles. The summed E-state index contributed by atoms with van der Waals surface area (Å²) in [5.74, 6) is 0.243. The Balaban J connectivity index is 1.78. The number of nitrogens with zero attached hydrogens (tertiary/aromatic N) is 1. The maximum atomic E-state index is 14.1. The van der Waals surface area contributed by atoms with Crippen molar-refractivity contribution in [1.29, 1.82) is 0 Å². The summed E-state index contributed by atoms with van der Waals surface area (Å²) in [7, 11) is 0. The third kappa shape index (κ3) is 3.14. The van der Waals surface area contributed by atoms with E-state index >= 15 is 0 Å². The van der Waals surface area contributed by atoms with Crippen LogP contribution in [0.4, 0.5) is 4.39 Å². The highest BCUT2D eigenvalue weighted by Gasteiger charge is 2.36. The van der Waals surface area contributed by atoms with Gasteiger partial charge in [-0.1, -0.05) is 30.2 Å². The molecule has 1 aliphatic heterocycles. The molecular formula is C17H21ClFNO. The number of likely N-dealkylation sites (tertiary alicyclic amines) is 1. The van der Waals surface area contributed by atoms with Gasteiger partial charge in [0, 0.05) is 30.5 Å². The van der Waals surface area contributed by atoms with E-state index in [2.05, 4.69) is 4.90 Å². The van der Waals surface area contributed by atoms with Crippen LogP contribution in [0.5, 0.6) is 0 Å². The number of halogens is 2. The van der Waals surface area contributed by atoms with Gasteiger partial charge in [0.25, 0.3) is 0 Å². The average molecular weight is 310 g/mol. The van der Waals surface area contributed by atoms with E-state index in [1.165, 1.54) is 6.42 Å². The Morgan fingerprint density at radius 3 is 2.86 bits per heavy atom. The molecule has 3 rings (SSSR count). The Morgan fingerprint density at radius 2 is 2.10 bits per heavy atom. The standard InChI is InChI=1S/C17H21ClFNO/c18-14-7-3-5-12(17(14)19)11-20-10-2-1-8-15(20)13-6-4-9-16(13)21/h3,5,7,13,15H,1-2,4,6,8-11H2. The number of carbonyl (C=O) groups is 1. The van der Waals surface area contributed by atoms with Gasteiger partial charge in [0.2, 0.25) is 0 Å². The van der Waals surface area contributed by atoms with Crippen LogP contribution in [0.2, 0.25) is 5.02 Å². The first kappa shape index (κ1) is 15.0. The van der Waals surface area contributed by atoms with Gasteiger partial charge in [0.1, 0.15) is 11.6 Å². The summed E-state index contributed by atoms with van der Waals surface area (Å²) in [6, 6.07) is 5.45. The number of carbonyl (C=O) groups excluding carboxylic acids is 1. The zero-order chi connectivity index (χ0) is 14.8. The molecule has 2 unspecified atom stereocenters. The number of benzene rings is 1. The minimum Gasteiger partial charge on any atom is -0.299 e. The smallest absolute Gasteiger partial charge is 0.146 e. The van der Waals surface area contributed by atoms with Gasteiger partial charge in [-0.25, -0.2) is 4.39 Å². The van der Waals surface area contributed by atoms with Gasteiger partial charge in [-0.15, -0.1) is 0 Å². The van der Waals surface area contributed by atoms with Crippen LogP contribution >= 0.6 is 11.6 Å². The van der Waals surface area contributed by atoms with E-state index in [1.807, 2.05) is 0 Å². The second-order valence-electron chi connectivity index (χ2n) is 6.21. The lowest BCUT2D eigenvalue weighted by Crippen LogP contribution is -2.45. The normalized spacial score (nSPS) is 27.2. The molecule has 1 heterocycles.